The summed E-state index contributed by atoms with van der Waals surface area (Å²) in [6.45, 7) is 2.76. The van der Waals surface area contributed by atoms with E-state index in [9.17, 15) is 13.2 Å². The lowest BCUT2D eigenvalue weighted by atomic mass is 10.1. The van der Waals surface area contributed by atoms with Gasteiger partial charge in [-0.1, -0.05) is 6.42 Å². The van der Waals surface area contributed by atoms with Crippen molar-refractivity contribution >= 4 is 38.2 Å². The quantitative estimate of drug-likeness (QED) is 0.596. The first-order valence-corrected chi connectivity index (χ1v) is 13.1. The SMILES string of the molecule is O=c1c(S(=O)(=O)N2CCCCC2)cn(-c2nccs2)c2nc(N3CCCCC3)ccc12. The molecule has 0 amide bonds. The molecule has 0 bridgehead atoms. The van der Waals surface area contributed by atoms with E-state index in [1.807, 2.05) is 11.4 Å². The number of sulfonamides is 1. The van der Waals surface area contributed by atoms with Crippen molar-refractivity contribution < 1.29 is 8.42 Å². The highest BCUT2D eigenvalue weighted by Crippen LogP contribution is 2.26. The maximum atomic E-state index is 13.4. The van der Waals surface area contributed by atoms with Crippen LogP contribution >= 0.6 is 11.3 Å². The minimum atomic E-state index is -3.89. The Balaban J connectivity index is 1.70. The minimum Gasteiger partial charge on any atom is -0.357 e. The number of aromatic nitrogens is 3. The van der Waals surface area contributed by atoms with E-state index in [1.165, 1.54) is 28.3 Å². The van der Waals surface area contributed by atoms with Crippen LogP contribution in [-0.2, 0) is 10.0 Å². The number of fused-ring (bicyclic) bond motifs is 1. The van der Waals surface area contributed by atoms with Gasteiger partial charge in [0, 0.05) is 44.0 Å². The molecule has 0 aliphatic carbocycles. The Kier molecular flexibility index (Phi) is 5.53. The Morgan fingerprint density at radius 1 is 0.935 bits per heavy atom. The second kappa shape index (κ2) is 8.33. The van der Waals surface area contributed by atoms with Crippen LogP contribution in [0.4, 0.5) is 5.82 Å². The highest BCUT2D eigenvalue weighted by Gasteiger charge is 2.30. The topological polar surface area (TPSA) is 88.4 Å². The third kappa shape index (κ3) is 3.77. The van der Waals surface area contributed by atoms with Crippen LogP contribution in [0, 0.1) is 0 Å². The third-order valence-corrected chi connectivity index (χ3v) is 8.70. The first-order chi connectivity index (χ1) is 15.1. The molecule has 0 atom stereocenters. The number of rotatable bonds is 4. The zero-order valence-corrected chi connectivity index (χ0v) is 18.9. The molecule has 0 radical (unpaired) electrons. The summed E-state index contributed by atoms with van der Waals surface area (Å²) in [6, 6.07) is 3.55. The Morgan fingerprint density at radius 2 is 1.65 bits per heavy atom. The first kappa shape index (κ1) is 20.6. The zero-order chi connectivity index (χ0) is 21.4. The van der Waals surface area contributed by atoms with E-state index < -0.39 is 15.5 Å². The molecule has 2 saturated heterocycles. The van der Waals surface area contributed by atoms with Gasteiger partial charge in [0.25, 0.3) is 0 Å². The van der Waals surface area contributed by atoms with Crippen molar-refractivity contribution in [3.63, 3.8) is 0 Å². The minimum absolute atomic E-state index is 0.204. The number of nitrogens with zero attached hydrogens (tertiary/aromatic N) is 5. The van der Waals surface area contributed by atoms with Crippen LogP contribution in [0.1, 0.15) is 38.5 Å². The fourth-order valence-electron chi connectivity index (χ4n) is 4.38. The van der Waals surface area contributed by atoms with Crippen molar-refractivity contribution in [2.75, 3.05) is 31.1 Å². The van der Waals surface area contributed by atoms with Crippen LogP contribution in [-0.4, -0.2) is 53.4 Å². The average Bonchev–Trinajstić information content (AvgIpc) is 3.35. The average molecular weight is 460 g/mol. The fraction of sp³-hybridized carbons (Fsp3) is 0.476. The van der Waals surface area contributed by atoms with Gasteiger partial charge >= 0.3 is 0 Å². The molecule has 31 heavy (non-hydrogen) atoms. The van der Waals surface area contributed by atoms with E-state index in [0.29, 0.717) is 29.3 Å². The van der Waals surface area contributed by atoms with E-state index in [4.69, 9.17) is 4.98 Å². The zero-order valence-electron chi connectivity index (χ0n) is 17.2. The van der Waals surface area contributed by atoms with Gasteiger partial charge in [-0.05, 0) is 44.2 Å². The van der Waals surface area contributed by atoms with Gasteiger partial charge in [-0.25, -0.2) is 18.4 Å². The molecule has 5 heterocycles. The summed E-state index contributed by atoms with van der Waals surface area (Å²) in [5, 5.41) is 2.71. The van der Waals surface area contributed by atoms with Crippen molar-refractivity contribution in [3.05, 3.63) is 40.1 Å². The van der Waals surface area contributed by atoms with Crippen LogP contribution in [0.25, 0.3) is 16.2 Å². The Hall–Kier alpha value is -2.30. The van der Waals surface area contributed by atoms with Crippen molar-refractivity contribution in [3.8, 4) is 5.13 Å². The Morgan fingerprint density at radius 3 is 2.32 bits per heavy atom. The molecule has 10 heteroatoms. The van der Waals surface area contributed by atoms with E-state index in [0.717, 1.165) is 51.0 Å². The van der Waals surface area contributed by atoms with Gasteiger partial charge in [0.2, 0.25) is 15.5 Å². The van der Waals surface area contributed by atoms with Crippen molar-refractivity contribution in [1.82, 2.24) is 18.8 Å². The fourth-order valence-corrected chi connectivity index (χ4v) is 6.59. The van der Waals surface area contributed by atoms with Crippen molar-refractivity contribution in [2.45, 2.75) is 43.4 Å². The summed E-state index contributed by atoms with van der Waals surface area (Å²) in [4.78, 5) is 24.5. The molecule has 3 aromatic rings. The Bertz CT molecular complexity index is 1240. The molecule has 3 aromatic heterocycles. The summed E-state index contributed by atoms with van der Waals surface area (Å²) < 4.78 is 29.8. The van der Waals surface area contributed by atoms with E-state index in [-0.39, 0.29) is 4.90 Å². The maximum Gasteiger partial charge on any atom is 0.248 e. The molecular formula is C21H25N5O3S2. The van der Waals surface area contributed by atoms with Crippen molar-refractivity contribution in [1.29, 1.82) is 0 Å². The van der Waals surface area contributed by atoms with Gasteiger partial charge in [-0.3, -0.25) is 9.36 Å². The van der Waals surface area contributed by atoms with Gasteiger partial charge in [-0.15, -0.1) is 11.3 Å². The highest BCUT2D eigenvalue weighted by atomic mass is 32.2. The molecule has 164 valence electrons. The van der Waals surface area contributed by atoms with Crippen LogP contribution in [0.2, 0.25) is 0 Å². The van der Waals surface area contributed by atoms with Crippen LogP contribution in [0.5, 0.6) is 0 Å². The standard InChI is InChI=1S/C21H25N5O3S2/c27-19-16-7-8-18(24-10-3-1-4-11-24)23-20(16)26(21-22-9-14-30-21)15-17(19)31(28,29)25-12-5-2-6-13-25/h7-9,14-15H,1-6,10-13H2. The lowest BCUT2D eigenvalue weighted by Crippen LogP contribution is -2.38. The predicted molar refractivity (Wildman–Crippen MR) is 122 cm³/mol. The monoisotopic (exact) mass is 459 g/mol. The highest BCUT2D eigenvalue weighted by molar-refractivity contribution is 7.89. The van der Waals surface area contributed by atoms with E-state index >= 15 is 0 Å². The maximum absolute atomic E-state index is 13.4. The van der Waals surface area contributed by atoms with Gasteiger partial charge in [-0.2, -0.15) is 4.31 Å². The molecule has 0 spiro atoms. The van der Waals surface area contributed by atoms with Gasteiger partial charge in [0.1, 0.15) is 10.7 Å². The number of hydrogen-bond acceptors (Lipinski definition) is 7. The summed E-state index contributed by atoms with van der Waals surface area (Å²) in [7, 11) is -3.89. The van der Waals surface area contributed by atoms with Crippen LogP contribution in [0.3, 0.4) is 0 Å². The molecule has 0 unspecified atom stereocenters. The lowest BCUT2D eigenvalue weighted by Gasteiger charge is -2.28. The van der Waals surface area contributed by atoms with Gasteiger partial charge in [0.05, 0.1) is 5.39 Å². The lowest BCUT2D eigenvalue weighted by molar-refractivity contribution is 0.346. The summed E-state index contributed by atoms with van der Waals surface area (Å²) in [5.41, 5.74) is -0.0494. The summed E-state index contributed by atoms with van der Waals surface area (Å²) in [5.74, 6) is 0.809. The number of hydrogen-bond donors (Lipinski definition) is 0. The second-order valence-electron chi connectivity index (χ2n) is 8.06. The molecule has 2 aliphatic heterocycles. The molecule has 5 rings (SSSR count). The predicted octanol–water partition coefficient (Wildman–Crippen LogP) is 3.01. The van der Waals surface area contributed by atoms with Crippen LogP contribution < -0.4 is 10.3 Å². The van der Waals surface area contributed by atoms with E-state index in [1.54, 1.807) is 16.8 Å². The largest absolute Gasteiger partial charge is 0.357 e. The first-order valence-electron chi connectivity index (χ1n) is 10.8. The Labute approximate surface area is 185 Å². The molecular weight excluding hydrogens is 434 g/mol. The molecule has 0 aromatic carbocycles. The van der Waals surface area contributed by atoms with Gasteiger partial charge < -0.3 is 4.90 Å². The number of pyridine rings is 2. The normalized spacial score (nSPS) is 18.5. The van der Waals surface area contributed by atoms with Crippen LogP contribution in [0.15, 0.2) is 39.6 Å². The molecule has 2 aliphatic rings. The number of thiazole rings is 1. The summed E-state index contributed by atoms with van der Waals surface area (Å²) >= 11 is 1.38. The van der Waals surface area contributed by atoms with Gasteiger partial charge in [0.15, 0.2) is 10.8 Å². The summed E-state index contributed by atoms with van der Waals surface area (Å²) in [6.07, 6.45) is 9.17. The molecule has 0 saturated carbocycles. The molecule has 8 nitrogen and oxygen atoms in total. The molecule has 2 fully saturated rings. The van der Waals surface area contributed by atoms with Crippen molar-refractivity contribution in [2.24, 2.45) is 0 Å². The molecule has 0 N–H and O–H groups in total. The second-order valence-corrected chi connectivity index (χ2v) is 10.8. The van der Waals surface area contributed by atoms with E-state index in [2.05, 4.69) is 9.88 Å². The third-order valence-electron chi connectivity index (χ3n) is 6.04. The smallest absolute Gasteiger partial charge is 0.248 e. The number of anilines is 1. The number of piperidine rings is 2.